The van der Waals surface area contributed by atoms with Crippen molar-refractivity contribution in [2.24, 2.45) is 5.92 Å². The molecule has 192 valence electrons. The van der Waals surface area contributed by atoms with Gasteiger partial charge in [-0.25, -0.2) is 4.39 Å². The summed E-state index contributed by atoms with van der Waals surface area (Å²) in [6.07, 6.45) is 4.26. The first-order chi connectivity index (χ1) is 17.4. The molecule has 2 heterocycles. The van der Waals surface area contributed by atoms with Crippen molar-refractivity contribution in [2.45, 2.75) is 32.1 Å². The molecule has 2 aromatic carbocycles. The van der Waals surface area contributed by atoms with Crippen LogP contribution >= 0.6 is 0 Å². The van der Waals surface area contributed by atoms with E-state index in [1.807, 2.05) is 0 Å². The van der Waals surface area contributed by atoms with Crippen LogP contribution in [0.2, 0.25) is 0 Å². The zero-order chi connectivity index (χ0) is 25.7. The molecule has 0 spiro atoms. The highest BCUT2D eigenvalue weighted by Gasteiger charge is 2.31. The molecule has 36 heavy (non-hydrogen) atoms. The second-order valence-corrected chi connectivity index (χ2v) is 9.19. The van der Waals surface area contributed by atoms with Gasteiger partial charge in [-0.05, 0) is 62.4 Å². The van der Waals surface area contributed by atoms with Crippen molar-refractivity contribution in [3.63, 3.8) is 0 Å². The number of benzene rings is 2. The number of amides is 3. The topological polar surface area (TPSA) is 88.2 Å². The predicted molar refractivity (Wildman–Crippen MR) is 133 cm³/mol. The maximum absolute atomic E-state index is 13.4. The van der Waals surface area contributed by atoms with Gasteiger partial charge >= 0.3 is 0 Å². The summed E-state index contributed by atoms with van der Waals surface area (Å²) in [5.41, 5.74) is 1.08. The normalized spacial score (nSPS) is 17.9. The van der Waals surface area contributed by atoms with Crippen LogP contribution in [0.5, 0.6) is 11.5 Å². The molecule has 0 bridgehead atoms. The number of halogens is 1. The van der Waals surface area contributed by atoms with E-state index in [9.17, 15) is 18.8 Å². The molecule has 3 amide bonds. The molecule has 2 aliphatic rings. The second kappa shape index (κ2) is 11.4. The molecule has 2 aliphatic heterocycles. The summed E-state index contributed by atoms with van der Waals surface area (Å²) in [5, 5.41) is 2.92. The van der Waals surface area contributed by atoms with Crippen molar-refractivity contribution >= 4 is 23.4 Å². The monoisotopic (exact) mass is 497 g/mol. The number of hydrogen-bond acceptors (Lipinski definition) is 5. The van der Waals surface area contributed by atoms with Crippen LogP contribution in [-0.4, -0.2) is 67.9 Å². The van der Waals surface area contributed by atoms with Crippen LogP contribution in [0.15, 0.2) is 36.4 Å². The Kier molecular flexibility index (Phi) is 8.07. The van der Waals surface area contributed by atoms with Crippen LogP contribution in [-0.2, 0) is 4.79 Å². The zero-order valence-corrected chi connectivity index (χ0v) is 20.7. The van der Waals surface area contributed by atoms with E-state index in [1.54, 1.807) is 21.9 Å². The van der Waals surface area contributed by atoms with Gasteiger partial charge in [0.15, 0.2) is 11.5 Å². The van der Waals surface area contributed by atoms with Gasteiger partial charge in [0.05, 0.1) is 31.4 Å². The number of likely N-dealkylation sites (tertiary alicyclic amines) is 2. The molecule has 8 nitrogen and oxygen atoms in total. The number of rotatable bonds is 6. The molecule has 0 aliphatic carbocycles. The number of methoxy groups -OCH3 is 2. The highest BCUT2D eigenvalue weighted by Crippen LogP contribution is 2.35. The fraction of sp³-hybridized carbons (Fsp3) is 0.444. The maximum atomic E-state index is 13.4. The van der Waals surface area contributed by atoms with Gasteiger partial charge < -0.3 is 24.6 Å². The van der Waals surface area contributed by atoms with Crippen molar-refractivity contribution < 1.29 is 28.2 Å². The van der Waals surface area contributed by atoms with Gasteiger partial charge in [-0.3, -0.25) is 14.4 Å². The minimum Gasteiger partial charge on any atom is -0.493 e. The van der Waals surface area contributed by atoms with Crippen LogP contribution in [0.1, 0.15) is 52.8 Å². The molecule has 0 saturated carbocycles. The summed E-state index contributed by atoms with van der Waals surface area (Å²) in [5.74, 6) is -0.723. The molecule has 9 heteroatoms. The van der Waals surface area contributed by atoms with E-state index in [2.05, 4.69) is 5.32 Å². The van der Waals surface area contributed by atoms with Crippen LogP contribution < -0.4 is 14.8 Å². The Labute approximate surface area is 210 Å². The highest BCUT2D eigenvalue weighted by molar-refractivity contribution is 6.05. The average molecular weight is 498 g/mol. The zero-order valence-electron chi connectivity index (χ0n) is 20.7. The SMILES string of the molecule is COc1cc(NC(=O)C2CCCN(C(=O)c3ccc(F)cc3)C2)c(C(=O)N2CCCCC2)cc1OC. The summed E-state index contributed by atoms with van der Waals surface area (Å²) in [6.45, 7) is 2.10. The van der Waals surface area contributed by atoms with Gasteiger partial charge in [0.1, 0.15) is 5.82 Å². The Morgan fingerprint density at radius 1 is 0.861 bits per heavy atom. The minimum absolute atomic E-state index is 0.164. The molecule has 1 unspecified atom stereocenters. The standard InChI is InChI=1S/C27H32FN3O5/c1-35-23-15-21(27(34)30-12-4-3-5-13-30)22(16-24(23)36-2)29-25(32)19-7-6-14-31(17-19)26(33)18-8-10-20(28)11-9-18/h8-11,15-16,19H,3-7,12-14,17H2,1-2H3,(H,29,32). The lowest BCUT2D eigenvalue weighted by atomic mass is 9.96. The maximum Gasteiger partial charge on any atom is 0.256 e. The van der Waals surface area contributed by atoms with E-state index in [0.29, 0.717) is 60.8 Å². The molecule has 1 N–H and O–H groups in total. The lowest BCUT2D eigenvalue weighted by Crippen LogP contribution is -2.44. The molecule has 2 saturated heterocycles. The molecule has 4 rings (SSSR count). The molecule has 2 fully saturated rings. The van der Waals surface area contributed by atoms with Crippen molar-refractivity contribution in [2.75, 3.05) is 45.7 Å². The average Bonchev–Trinajstić information content (AvgIpc) is 2.93. The lowest BCUT2D eigenvalue weighted by molar-refractivity contribution is -0.121. The second-order valence-electron chi connectivity index (χ2n) is 9.19. The van der Waals surface area contributed by atoms with Crippen molar-refractivity contribution in [1.29, 1.82) is 0 Å². The van der Waals surface area contributed by atoms with E-state index in [-0.39, 0.29) is 24.3 Å². The van der Waals surface area contributed by atoms with Crippen LogP contribution in [0.4, 0.5) is 10.1 Å². The van der Waals surface area contributed by atoms with Crippen LogP contribution in [0.25, 0.3) is 0 Å². The third-order valence-corrected chi connectivity index (χ3v) is 6.83. The third kappa shape index (κ3) is 5.61. The smallest absolute Gasteiger partial charge is 0.256 e. The number of carbonyl (C=O) groups is 3. The molecular formula is C27H32FN3O5. The summed E-state index contributed by atoms with van der Waals surface area (Å²) < 4.78 is 24.1. The van der Waals surface area contributed by atoms with Gasteiger partial charge in [-0.2, -0.15) is 0 Å². The number of piperidine rings is 2. The summed E-state index contributed by atoms with van der Waals surface area (Å²) in [6, 6.07) is 8.61. The van der Waals surface area contributed by atoms with Crippen molar-refractivity contribution in [3.8, 4) is 11.5 Å². The van der Waals surface area contributed by atoms with Gasteiger partial charge in [0.2, 0.25) is 5.91 Å². The predicted octanol–water partition coefficient (Wildman–Crippen LogP) is 3.96. The lowest BCUT2D eigenvalue weighted by Gasteiger charge is -2.32. The fourth-order valence-electron chi connectivity index (χ4n) is 4.81. The first kappa shape index (κ1) is 25.5. The largest absolute Gasteiger partial charge is 0.493 e. The van der Waals surface area contributed by atoms with Crippen molar-refractivity contribution in [3.05, 3.63) is 53.3 Å². The van der Waals surface area contributed by atoms with E-state index in [1.165, 1.54) is 38.5 Å². The van der Waals surface area contributed by atoms with E-state index in [4.69, 9.17) is 9.47 Å². The minimum atomic E-state index is -0.450. The number of carbonyl (C=O) groups excluding carboxylic acids is 3. The number of nitrogens with one attached hydrogen (secondary N) is 1. The van der Waals surface area contributed by atoms with E-state index in [0.717, 1.165) is 19.3 Å². The molecular weight excluding hydrogens is 465 g/mol. The van der Waals surface area contributed by atoms with Crippen LogP contribution in [0.3, 0.4) is 0 Å². The van der Waals surface area contributed by atoms with Crippen molar-refractivity contribution in [1.82, 2.24) is 9.80 Å². The van der Waals surface area contributed by atoms with Gasteiger partial charge in [0.25, 0.3) is 11.8 Å². The molecule has 1 atom stereocenters. The number of ether oxygens (including phenoxy) is 2. The van der Waals surface area contributed by atoms with E-state index < -0.39 is 11.7 Å². The van der Waals surface area contributed by atoms with Gasteiger partial charge in [-0.15, -0.1) is 0 Å². The Hall–Kier alpha value is -3.62. The summed E-state index contributed by atoms with van der Waals surface area (Å²) in [4.78, 5) is 43.0. The Morgan fingerprint density at radius 2 is 1.50 bits per heavy atom. The first-order valence-electron chi connectivity index (χ1n) is 12.3. The van der Waals surface area contributed by atoms with Crippen LogP contribution in [0, 0.1) is 11.7 Å². The fourth-order valence-corrected chi connectivity index (χ4v) is 4.81. The Bertz CT molecular complexity index is 1120. The van der Waals surface area contributed by atoms with E-state index >= 15 is 0 Å². The number of hydrogen-bond donors (Lipinski definition) is 1. The summed E-state index contributed by atoms with van der Waals surface area (Å²) >= 11 is 0. The molecule has 2 aromatic rings. The molecule has 0 radical (unpaired) electrons. The Balaban J connectivity index is 1.53. The highest BCUT2D eigenvalue weighted by atomic mass is 19.1. The first-order valence-corrected chi connectivity index (χ1v) is 12.3. The number of nitrogens with zero attached hydrogens (tertiary/aromatic N) is 2. The molecule has 0 aromatic heterocycles. The quantitative estimate of drug-likeness (QED) is 0.653. The number of anilines is 1. The van der Waals surface area contributed by atoms with Gasteiger partial charge in [0, 0.05) is 37.8 Å². The third-order valence-electron chi connectivity index (χ3n) is 6.83. The Morgan fingerprint density at radius 3 is 2.17 bits per heavy atom. The van der Waals surface area contributed by atoms with Gasteiger partial charge in [-0.1, -0.05) is 0 Å². The summed E-state index contributed by atoms with van der Waals surface area (Å²) in [7, 11) is 3.00.